The second-order valence-electron chi connectivity index (χ2n) is 9.94. The minimum absolute atomic E-state index is 0.0136. The first-order chi connectivity index (χ1) is 18.7. The van der Waals surface area contributed by atoms with Crippen molar-refractivity contribution in [2.24, 2.45) is 0 Å². The molecular formula is C28H35FN6O4. The van der Waals surface area contributed by atoms with Crippen LogP contribution in [0, 0.1) is 5.82 Å². The lowest BCUT2D eigenvalue weighted by Crippen LogP contribution is -2.48. The average molecular weight is 539 g/mol. The van der Waals surface area contributed by atoms with Crippen molar-refractivity contribution < 1.29 is 18.7 Å². The number of hydrogen-bond acceptors (Lipinski definition) is 6. The van der Waals surface area contributed by atoms with Crippen molar-refractivity contribution in [3.63, 3.8) is 0 Å². The summed E-state index contributed by atoms with van der Waals surface area (Å²) in [4.78, 5) is 41.7. The van der Waals surface area contributed by atoms with E-state index >= 15 is 0 Å². The van der Waals surface area contributed by atoms with Gasteiger partial charge in [0, 0.05) is 51.3 Å². The molecule has 1 aromatic heterocycles. The van der Waals surface area contributed by atoms with E-state index < -0.39 is 11.5 Å². The molecule has 1 aliphatic rings. The number of amides is 2. The molecule has 0 saturated carbocycles. The molecule has 0 unspecified atom stereocenters. The predicted molar refractivity (Wildman–Crippen MR) is 145 cm³/mol. The molecule has 0 atom stereocenters. The Morgan fingerprint density at radius 2 is 1.77 bits per heavy atom. The van der Waals surface area contributed by atoms with Crippen LogP contribution in [0.2, 0.25) is 0 Å². The van der Waals surface area contributed by atoms with Gasteiger partial charge >= 0.3 is 5.69 Å². The molecule has 11 heteroatoms. The molecule has 0 spiro atoms. The third-order valence-electron chi connectivity index (χ3n) is 6.74. The van der Waals surface area contributed by atoms with Gasteiger partial charge in [-0.15, -0.1) is 5.10 Å². The highest BCUT2D eigenvalue weighted by Gasteiger charge is 2.21. The monoisotopic (exact) mass is 538 g/mol. The standard InChI is InChI=1S/C28H35FN6O4/c1-19(2)30-26(37)18-34-27(22-7-10-24(29)25(17-22)39-4)31-35(28(34)38)23-8-5-21(6-9-23)11-12-32-13-15-33(16-14-32)20(3)36/h5-10,17,19H,11-16,18H2,1-4H3,(H,30,37). The van der Waals surface area contributed by atoms with Gasteiger partial charge in [-0.25, -0.2) is 9.18 Å². The molecule has 1 saturated heterocycles. The number of nitrogens with one attached hydrogen (secondary N) is 1. The van der Waals surface area contributed by atoms with Crippen molar-refractivity contribution in [3.05, 3.63) is 64.3 Å². The van der Waals surface area contributed by atoms with Crippen LogP contribution >= 0.6 is 0 Å². The van der Waals surface area contributed by atoms with Crippen LogP contribution in [0.1, 0.15) is 26.3 Å². The Morgan fingerprint density at radius 1 is 1.08 bits per heavy atom. The van der Waals surface area contributed by atoms with E-state index in [0.29, 0.717) is 11.3 Å². The van der Waals surface area contributed by atoms with Crippen molar-refractivity contribution in [2.75, 3.05) is 39.8 Å². The number of carbonyl (C=O) groups is 2. The fourth-order valence-electron chi connectivity index (χ4n) is 4.61. The molecule has 2 amide bonds. The highest BCUT2D eigenvalue weighted by molar-refractivity contribution is 5.76. The number of hydrogen-bond donors (Lipinski definition) is 1. The number of nitrogens with zero attached hydrogens (tertiary/aromatic N) is 5. The molecule has 0 radical (unpaired) electrons. The summed E-state index contributed by atoms with van der Waals surface area (Å²) in [5.41, 5.74) is 1.63. The topological polar surface area (TPSA) is 102 Å². The summed E-state index contributed by atoms with van der Waals surface area (Å²) in [7, 11) is 1.36. The quantitative estimate of drug-likeness (QED) is 0.448. The van der Waals surface area contributed by atoms with E-state index in [2.05, 4.69) is 15.3 Å². The summed E-state index contributed by atoms with van der Waals surface area (Å²) in [6.07, 6.45) is 0.833. The molecule has 208 valence electrons. The van der Waals surface area contributed by atoms with E-state index in [1.807, 2.05) is 43.0 Å². The third-order valence-corrected chi connectivity index (χ3v) is 6.74. The van der Waals surface area contributed by atoms with Crippen molar-refractivity contribution in [1.82, 2.24) is 29.5 Å². The summed E-state index contributed by atoms with van der Waals surface area (Å²) in [5, 5.41) is 7.32. The van der Waals surface area contributed by atoms with Crippen LogP contribution in [0.25, 0.3) is 17.1 Å². The van der Waals surface area contributed by atoms with Gasteiger partial charge in [0.15, 0.2) is 17.4 Å². The highest BCUT2D eigenvalue weighted by atomic mass is 19.1. The lowest BCUT2D eigenvalue weighted by Gasteiger charge is -2.34. The van der Waals surface area contributed by atoms with Gasteiger partial charge in [-0.05, 0) is 56.2 Å². The zero-order valence-electron chi connectivity index (χ0n) is 22.8. The van der Waals surface area contributed by atoms with Gasteiger partial charge in [0.05, 0.1) is 12.8 Å². The third kappa shape index (κ3) is 6.72. The van der Waals surface area contributed by atoms with E-state index in [4.69, 9.17) is 4.74 Å². The number of aromatic nitrogens is 3. The summed E-state index contributed by atoms with van der Waals surface area (Å²) < 4.78 is 21.7. The van der Waals surface area contributed by atoms with E-state index in [1.54, 1.807) is 6.92 Å². The van der Waals surface area contributed by atoms with Gasteiger partial charge < -0.3 is 15.0 Å². The zero-order valence-corrected chi connectivity index (χ0v) is 22.8. The summed E-state index contributed by atoms with van der Waals surface area (Å²) >= 11 is 0. The first-order valence-electron chi connectivity index (χ1n) is 13.1. The number of methoxy groups -OCH3 is 1. The second-order valence-corrected chi connectivity index (χ2v) is 9.94. The van der Waals surface area contributed by atoms with Gasteiger partial charge in [-0.1, -0.05) is 12.1 Å². The molecule has 0 aliphatic carbocycles. The molecule has 3 aromatic rings. The lowest BCUT2D eigenvalue weighted by atomic mass is 10.1. The summed E-state index contributed by atoms with van der Waals surface area (Å²) in [5.74, 6) is -0.513. The van der Waals surface area contributed by atoms with Crippen molar-refractivity contribution in [3.8, 4) is 22.8 Å². The first-order valence-corrected chi connectivity index (χ1v) is 13.1. The van der Waals surface area contributed by atoms with Gasteiger partial charge in [-0.2, -0.15) is 4.68 Å². The van der Waals surface area contributed by atoms with Gasteiger partial charge in [-0.3, -0.25) is 19.1 Å². The Balaban J connectivity index is 1.56. The molecule has 1 aliphatic heterocycles. The number of benzene rings is 2. The smallest absolute Gasteiger partial charge is 0.351 e. The number of rotatable bonds is 9. The highest BCUT2D eigenvalue weighted by Crippen LogP contribution is 2.25. The van der Waals surface area contributed by atoms with Crippen LogP contribution in [-0.2, 0) is 22.6 Å². The number of ether oxygens (including phenoxy) is 1. The molecule has 0 bridgehead atoms. The van der Waals surface area contributed by atoms with Crippen LogP contribution < -0.4 is 15.7 Å². The lowest BCUT2D eigenvalue weighted by molar-refractivity contribution is -0.130. The number of carbonyl (C=O) groups excluding carboxylic acids is 2. The Morgan fingerprint density at radius 3 is 2.38 bits per heavy atom. The summed E-state index contributed by atoms with van der Waals surface area (Å²) in [6, 6.07) is 11.7. The van der Waals surface area contributed by atoms with E-state index in [1.165, 1.54) is 34.6 Å². The summed E-state index contributed by atoms with van der Waals surface area (Å²) in [6.45, 7) is 9.12. The number of piperazine rings is 1. The molecule has 2 aromatic carbocycles. The fourth-order valence-corrected chi connectivity index (χ4v) is 4.61. The first kappa shape index (κ1) is 28.0. The molecular weight excluding hydrogens is 503 g/mol. The molecule has 10 nitrogen and oxygen atoms in total. The van der Waals surface area contributed by atoms with Crippen LogP contribution in [0.15, 0.2) is 47.3 Å². The molecule has 4 rings (SSSR count). The van der Waals surface area contributed by atoms with Gasteiger partial charge in [0.1, 0.15) is 6.54 Å². The van der Waals surface area contributed by atoms with Crippen LogP contribution in [0.5, 0.6) is 5.75 Å². The SMILES string of the molecule is COc1cc(-c2nn(-c3ccc(CCN4CCN(C(C)=O)CC4)cc3)c(=O)n2CC(=O)NC(C)C)ccc1F. The maximum absolute atomic E-state index is 14.1. The Bertz CT molecular complexity index is 1370. The number of halogens is 1. The van der Waals surface area contributed by atoms with Gasteiger partial charge in [0.25, 0.3) is 0 Å². The van der Waals surface area contributed by atoms with E-state index in [9.17, 15) is 18.8 Å². The second kappa shape index (κ2) is 12.2. The van der Waals surface area contributed by atoms with Crippen molar-refractivity contribution in [2.45, 2.75) is 39.8 Å². The van der Waals surface area contributed by atoms with Crippen molar-refractivity contribution >= 4 is 11.8 Å². The predicted octanol–water partition coefficient (Wildman–Crippen LogP) is 2.08. The molecule has 2 heterocycles. The largest absolute Gasteiger partial charge is 0.494 e. The van der Waals surface area contributed by atoms with Crippen LogP contribution in [0.4, 0.5) is 4.39 Å². The maximum atomic E-state index is 14.1. The average Bonchev–Trinajstić information content (AvgIpc) is 3.23. The maximum Gasteiger partial charge on any atom is 0.351 e. The Kier molecular flexibility index (Phi) is 8.80. The normalized spacial score (nSPS) is 14.1. The fraction of sp³-hybridized carbons (Fsp3) is 0.429. The van der Waals surface area contributed by atoms with Crippen LogP contribution in [0.3, 0.4) is 0 Å². The van der Waals surface area contributed by atoms with Crippen LogP contribution in [-0.4, -0.2) is 81.8 Å². The molecule has 1 N–H and O–H groups in total. The molecule has 1 fully saturated rings. The van der Waals surface area contributed by atoms with E-state index in [0.717, 1.165) is 44.7 Å². The molecule has 39 heavy (non-hydrogen) atoms. The Hall–Kier alpha value is -3.99. The van der Waals surface area contributed by atoms with Gasteiger partial charge in [0.2, 0.25) is 11.8 Å². The zero-order chi connectivity index (χ0) is 28.1. The minimum atomic E-state index is -0.538. The van der Waals surface area contributed by atoms with E-state index in [-0.39, 0.29) is 36.0 Å². The minimum Gasteiger partial charge on any atom is -0.494 e. The Labute approximate surface area is 227 Å². The van der Waals surface area contributed by atoms with Crippen molar-refractivity contribution in [1.29, 1.82) is 0 Å².